The highest BCUT2D eigenvalue weighted by molar-refractivity contribution is 5.96. The Kier molecular flexibility index (Phi) is 6.81. The van der Waals surface area contributed by atoms with E-state index in [0.29, 0.717) is 6.42 Å². The van der Waals surface area contributed by atoms with Gasteiger partial charge in [0.25, 0.3) is 0 Å². The Hall–Kier alpha value is -2.04. The summed E-state index contributed by atoms with van der Waals surface area (Å²) in [6.45, 7) is 13.3. The van der Waals surface area contributed by atoms with Crippen molar-refractivity contribution >= 4 is 17.7 Å². The van der Waals surface area contributed by atoms with Gasteiger partial charge in [0.05, 0.1) is 0 Å². The summed E-state index contributed by atoms with van der Waals surface area (Å²) in [4.78, 5) is 24.6. The van der Waals surface area contributed by atoms with Crippen LogP contribution in [0.2, 0.25) is 0 Å². The van der Waals surface area contributed by atoms with Gasteiger partial charge in [-0.15, -0.1) is 0 Å². The molecule has 0 aliphatic rings. The van der Waals surface area contributed by atoms with Crippen molar-refractivity contribution < 1.29 is 14.3 Å². The molecule has 0 bridgehead atoms. The van der Waals surface area contributed by atoms with Crippen LogP contribution in [0.3, 0.4) is 0 Å². The second kappa shape index (κ2) is 8.18. The van der Waals surface area contributed by atoms with Gasteiger partial charge >= 0.3 is 6.09 Å². The molecule has 134 valence electrons. The second-order valence-electron chi connectivity index (χ2n) is 7.69. The zero-order chi connectivity index (χ0) is 18.5. The first-order valence-corrected chi connectivity index (χ1v) is 8.35. The average Bonchev–Trinajstić information content (AvgIpc) is 2.33. The van der Waals surface area contributed by atoms with E-state index in [1.807, 2.05) is 45.9 Å². The summed E-state index contributed by atoms with van der Waals surface area (Å²) in [5, 5.41) is 5.57. The number of hydrogen-bond donors (Lipinski definition) is 2. The molecule has 0 fully saturated rings. The molecule has 1 unspecified atom stereocenters. The Balaban J connectivity index is 2.82. The fourth-order valence-corrected chi connectivity index (χ4v) is 2.43. The van der Waals surface area contributed by atoms with E-state index in [-0.39, 0.29) is 11.8 Å². The molecule has 2 N–H and O–H groups in total. The highest BCUT2D eigenvalue weighted by Crippen LogP contribution is 2.16. The molecular formula is C19H30N2O3. The van der Waals surface area contributed by atoms with E-state index < -0.39 is 17.7 Å². The lowest BCUT2D eigenvalue weighted by atomic mass is 10.0. The standard InChI is InChI=1S/C19H30N2O3/c1-12(2)8-16(21-18(23)24-19(5,6)7)17(22)20-15-10-13(3)9-14(4)11-15/h9-12,16H,8H2,1-7H3,(H,20,22)(H,21,23). The molecule has 0 aliphatic carbocycles. The molecule has 0 saturated heterocycles. The Labute approximate surface area is 145 Å². The van der Waals surface area contributed by atoms with E-state index in [4.69, 9.17) is 4.74 Å². The molecule has 1 aromatic carbocycles. The zero-order valence-corrected chi connectivity index (χ0v) is 15.8. The normalized spacial score (nSPS) is 12.7. The summed E-state index contributed by atoms with van der Waals surface area (Å²) in [5.74, 6) is 0.0227. The lowest BCUT2D eigenvalue weighted by Gasteiger charge is -2.24. The molecular weight excluding hydrogens is 304 g/mol. The van der Waals surface area contributed by atoms with Gasteiger partial charge in [0, 0.05) is 5.69 Å². The SMILES string of the molecule is Cc1cc(C)cc(NC(=O)C(CC(C)C)NC(=O)OC(C)(C)C)c1. The fraction of sp³-hybridized carbons (Fsp3) is 0.579. The number of rotatable bonds is 5. The number of benzene rings is 1. The maximum Gasteiger partial charge on any atom is 0.408 e. The van der Waals surface area contributed by atoms with Crippen LogP contribution in [-0.2, 0) is 9.53 Å². The number of anilines is 1. The number of amides is 2. The maximum atomic E-state index is 12.6. The third-order valence-electron chi connectivity index (χ3n) is 3.20. The predicted molar refractivity (Wildman–Crippen MR) is 97.2 cm³/mol. The van der Waals surface area contributed by atoms with Crippen molar-refractivity contribution in [1.29, 1.82) is 0 Å². The van der Waals surface area contributed by atoms with Gasteiger partial charge in [-0.05, 0) is 70.2 Å². The number of carbonyl (C=O) groups excluding carboxylic acids is 2. The Morgan fingerprint density at radius 1 is 1.08 bits per heavy atom. The molecule has 0 spiro atoms. The summed E-state index contributed by atoms with van der Waals surface area (Å²) in [5.41, 5.74) is 2.28. The van der Waals surface area contributed by atoms with Gasteiger partial charge in [-0.3, -0.25) is 4.79 Å². The van der Waals surface area contributed by atoms with Crippen molar-refractivity contribution in [3.05, 3.63) is 29.3 Å². The molecule has 2 amide bonds. The molecule has 0 heterocycles. The number of hydrogen-bond acceptors (Lipinski definition) is 3. The summed E-state index contributed by atoms with van der Waals surface area (Å²) in [6, 6.07) is 5.22. The largest absolute Gasteiger partial charge is 0.444 e. The van der Waals surface area contributed by atoms with Crippen molar-refractivity contribution in [3.8, 4) is 0 Å². The third-order valence-corrected chi connectivity index (χ3v) is 3.20. The van der Waals surface area contributed by atoms with Crippen LogP contribution < -0.4 is 10.6 Å². The van der Waals surface area contributed by atoms with E-state index >= 15 is 0 Å². The smallest absolute Gasteiger partial charge is 0.408 e. The van der Waals surface area contributed by atoms with Crippen molar-refractivity contribution in [2.45, 2.75) is 66.5 Å². The average molecular weight is 334 g/mol. The number of alkyl carbamates (subject to hydrolysis) is 1. The summed E-state index contributed by atoms with van der Waals surface area (Å²) in [6.07, 6.45) is -0.0423. The van der Waals surface area contributed by atoms with Gasteiger partial charge in [0.15, 0.2) is 0 Å². The first-order valence-electron chi connectivity index (χ1n) is 8.35. The molecule has 5 nitrogen and oxygen atoms in total. The molecule has 1 aromatic rings. The Morgan fingerprint density at radius 3 is 2.08 bits per heavy atom. The van der Waals surface area contributed by atoms with Gasteiger partial charge < -0.3 is 15.4 Å². The van der Waals surface area contributed by atoms with Gasteiger partial charge in [0.2, 0.25) is 5.91 Å². The van der Waals surface area contributed by atoms with Crippen LogP contribution >= 0.6 is 0 Å². The minimum atomic E-state index is -0.638. The molecule has 0 saturated carbocycles. The van der Waals surface area contributed by atoms with E-state index in [1.54, 1.807) is 20.8 Å². The summed E-state index contributed by atoms with van der Waals surface area (Å²) in [7, 11) is 0. The quantitative estimate of drug-likeness (QED) is 0.849. The Morgan fingerprint density at radius 2 is 1.62 bits per heavy atom. The van der Waals surface area contributed by atoms with Crippen molar-refractivity contribution in [2.24, 2.45) is 5.92 Å². The number of aryl methyl sites for hydroxylation is 2. The monoisotopic (exact) mass is 334 g/mol. The number of ether oxygens (including phenoxy) is 1. The van der Waals surface area contributed by atoms with Crippen LogP contribution in [0.4, 0.5) is 10.5 Å². The van der Waals surface area contributed by atoms with E-state index in [0.717, 1.165) is 16.8 Å². The molecule has 5 heteroatoms. The molecule has 1 atom stereocenters. The highest BCUT2D eigenvalue weighted by atomic mass is 16.6. The van der Waals surface area contributed by atoms with Crippen molar-refractivity contribution in [2.75, 3.05) is 5.32 Å². The van der Waals surface area contributed by atoms with E-state index in [2.05, 4.69) is 10.6 Å². The molecule has 24 heavy (non-hydrogen) atoms. The first-order chi connectivity index (χ1) is 11.0. The molecule has 1 rings (SSSR count). The zero-order valence-electron chi connectivity index (χ0n) is 15.8. The lowest BCUT2D eigenvalue weighted by Crippen LogP contribution is -2.46. The molecule has 0 radical (unpaired) electrons. The van der Waals surface area contributed by atoms with Crippen LogP contribution in [0, 0.1) is 19.8 Å². The number of nitrogens with one attached hydrogen (secondary N) is 2. The van der Waals surface area contributed by atoms with Crippen molar-refractivity contribution in [3.63, 3.8) is 0 Å². The molecule has 0 aromatic heterocycles. The third kappa shape index (κ3) is 7.49. The lowest BCUT2D eigenvalue weighted by molar-refractivity contribution is -0.118. The van der Waals surface area contributed by atoms with Crippen LogP contribution in [-0.4, -0.2) is 23.6 Å². The minimum absolute atomic E-state index is 0.237. The van der Waals surface area contributed by atoms with Gasteiger partial charge in [-0.25, -0.2) is 4.79 Å². The van der Waals surface area contributed by atoms with Gasteiger partial charge in [-0.1, -0.05) is 19.9 Å². The van der Waals surface area contributed by atoms with Gasteiger partial charge in [0.1, 0.15) is 11.6 Å². The van der Waals surface area contributed by atoms with Crippen LogP contribution in [0.1, 0.15) is 52.2 Å². The minimum Gasteiger partial charge on any atom is -0.444 e. The fourth-order valence-electron chi connectivity index (χ4n) is 2.43. The number of carbonyl (C=O) groups is 2. The van der Waals surface area contributed by atoms with E-state index in [1.165, 1.54) is 0 Å². The van der Waals surface area contributed by atoms with Crippen LogP contribution in [0.5, 0.6) is 0 Å². The molecule has 0 aliphatic heterocycles. The van der Waals surface area contributed by atoms with Crippen LogP contribution in [0.15, 0.2) is 18.2 Å². The second-order valence-corrected chi connectivity index (χ2v) is 7.69. The first kappa shape index (κ1) is 20.0. The predicted octanol–water partition coefficient (Wildman–Crippen LogP) is 4.18. The summed E-state index contributed by atoms with van der Waals surface area (Å²) < 4.78 is 5.26. The van der Waals surface area contributed by atoms with Crippen molar-refractivity contribution in [1.82, 2.24) is 5.32 Å². The van der Waals surface area contributed by atoms with Crippen LogP contribution in [0.25, 0.3) is 0 Å². The topological polar surface area (TPSA) is 67.4 Å². The van der Waals surface area contributed by atoms with Gasteiger partial charge in [-0.2, -0.15) is 0 Å². The summed E-state index contributed by atoms with van der Waals surface area (Å²) >= 11 is 0. The Bertz CT molecular complexity index is 569. The highest BCUT2D eigenvalue weighted by Gasteiger charge is 2.25. The van der Waals surface area contributed by atoms with E-state index in [9.17, 15) is 9.59 Å². The maximum absolute atomic E-state index is 12.6.